The molecular formula is C16H22N4S. The number of aromatic nitrogens is 2. The molecule has 0 atom stereocenters. The monoisotopic (exact) mass is 302 g/mol. The van der Waals surface area contributed by atoms with E-state index in [1.165, 1.54) is 4.90 Å². The standard InChI is InChI=1S/C16H22N4S/c1-4-7-14-19-15(17-5-2)11-16(20-14)18-12-8-6-9-13(10-12)21-3/h6,8-11H,4-5,7H2,1-3H3,(H2,17,18,19,20). The molecule has 112 valence electrons. The minimum absolute atomic E-state index is 0.836. The van der Waals surface area contributed by atoms with Gasteiger partial charge in [0.15, 0.2) is 0 Å². The van der Waals surface area contributed by atoms with Gasteiger partial charge >= 0.3 is 0 Å². The van der Waals surface area contributed by atoms with Gasteiger partial charge in [0.05, 0.1) is 0 Å². The molecule has 21 heavy (non-hydrogen) atoms. The number of nitrogens with one attached hydrogen (secondary N) is 2. The van der Waals surface area contributed by atoms with Crippen LogP contribution < -0.4 is 10.6 Å². The molecule has 0 radical (unpaired) electrons. The summed E-state index contributed by atoms with van der Waals surface area (Å²) in [6.07, 6.45) is 4.00. The van der Waals surface area contributed by atoms with Crippen molar-refractivity contribution in [1.82, 2.24) is 9.97 Å². The van der Waals surface area contributed by atoms with Crippen molar-refractivity contribution in [2.45, 2.75) is 31.6 Å². The van der Waals surface area contributed by atoms with Crippen LogP contribution in [0.1, 0.15) is 26.1 Å². The van der Waals surface area contributed by atoms with Crippen molar-refractivity contribution in [3.8, 4) is 0 Å². The van der Waals surface area contributed by atoms with Gasteiger partial charge in [-0.05, 0) is 37.8 Å². The van der Waals surface area contributed by atoms with Crippen molar-refractivity contribution in [3.63, 3.8) is 0 Å². The number of hydrogen-bond donors (Lipinski definition) is 2. The highest BCUT2D eigenvalue weighted by Crippen LogP contribution is 2.22. The van der Waals surface area contributed by atoms with Gasteiger partial charge in [-0.1, -0.05) is 13.0 Å². The second-order valence-electron chi connectivity index (χ2n) is 4.69. The van der Waals surface area contributed by atoms with Gasteiger partial charge in [-0.25, -0.2) is 9.97 Å². The molecule has 2 rings (SSSR count). The first-order valence-corrected chi connectivity index (χ1v) is 8.50. The zero-order valence-electron chi connectivity index (χ0n) is 12.8. The molecule has 0 unspecified atom stereocenters. The van der Waals surface area contributed by atoms with Crippen molar-refractivity contribution >= 4 is 29.1 Å². The van der Waals surface area contributed by atoms with Crippen LogP contribution in [-0.4, -0.2) is 22.8 Å². The minimum Gasteiger partial charge on any atom is -0.370 e. The number of nitrogens with zero attached hydrogens (tertiary/aromatic N) is 2. The fourth-order valence-corrected chi connectivity index (χ4v) is 2.48. The van der Waals surface area contributed by atoms with Crippen LogP contribution in [0.25, 0.3) is 0 Å². The lowest BCUT2D eigenvalue weighted by Gasteiger charge is -2.11. The van der Waals surface area contributed by atoms with Crippen LogP contribution in [0.3, 0.4) is 0 Å². The molecule has 0 aliphatic heterocycles. The van der Waals surface area contributed by atoms with Crippen LogP contribution in [-0.2, 0) is 6.42 Å². The Bertz CT molecular complexity index is 562. The first kappa shape index (κ1) is 15.6. The third-order valence-electron chi connectivity index (χ3n) is 2.95. The maximum atomic E-state index is 4.59. The molecule has 0 aliphatic carbocycles. The predicted molar refractivity (Wildman–Crippen MR) is 91.7 cm³/mol. The predicted octanol–water partition coefficient (Wildman–Crippen LogP) is 4.33. The van der Waals surface area contributed by atoms with Crippen LogP contribution in [0, 0.1) is 0 Å². The molecule has 0 spiro atoms. The zero-order valence-corrected chi connectivity index (χ0v) is 13.6. The van der Waals surface area contributed by atoms with Gasteiger partial charge in [0.1, 0.15) is 17.5 Å². The highest BCUT2D eigenvalue weighted by molar-refractivity contribution is 7.98. The van der Waals surface area contributed by atoms with Gasteiger partial charge in [0, 0.05) is 29.6 Å². The fraction of sp³-hybridized carbons (Fsp3) is 0.375. The first-order chi connectivity index (χ1) is 10.2. The highest BCUT2D eigenvalue weighted by atomic mass is 32.2. The molecule has 0 saturated carbocycles. The van der Waals surface area contributed by atoms with Gasteiger partial charge in [-0.3, -0.25) is 0 Å². The lowest BCUT2D eigenvalue weighted by Crippen LogP contribution is -2.06. The Morgan fingerprint density at radius 1 is 1.10 bits per heavy atom. The van der Waals surface area contributed by atoms with Gasteiger partial charge in [-0.2, -0.15) is 0 Å². The van der Waals surface area contributed by atoms with Crippen LogP contribution in [0.4, 0.5) is 17.3 Å². The Morgan fingerprint density at radius 3 is 2.62 bits per heavy atom. The van der Waals surface area contributed by atoms with Gasteiger partial charge in [-0.15, -0.1) is 11.8 Å². The molecular weight excluding hydrogens is 280 g/mol. The molecule has 1 aromatic heterocycles. The molecule has 0 saturated heterocycles. The second-order valence-corrected chi connectivity index (χ2v) is 5.57. The van der Waals surface area contributed by atoms with Crippen molar-refractivity contribution in [2.75, 3.05) is 23.4 Å². The number of benzene rings is 1. The highest BCUT2D eigenvalue weighted by Gasteiger charge is 2.05. The number of rotatable bonds is 7. The van der Waals surface area contributed by atoms with E-state index in [1.54, 1.807) is 11.8 Å². The van der Waals surface area contributed by atoms with Crippen LogP contribution >= 0.6 is 11.8 Å². The van der Waals surface area contributed by atoms with Crippen LogP contribution in [0.2, 0.25) is 0 Å². The summed E-state index contributed by atoms with van der Waals surface area (Å²) < 4.78 is 0. The topological polar surface area (TPSA) is 49.8 Å². The van der Waals surface area contributed by atoms with E-state index in [4.69, 9.17) is 0 Å². The maximum absolute atomic E-state index is 4.59. The number of thioether (sulfide) groups is 1. The first-order valence-electron chi connectivity index (χ1n) is 7.28. The normalized spacial score (nSPS) is 10.4. The zero-order chi connectivity index (χ0) is 15.1. The Kier molecular flexibility index (Phi) is 5.87. The quantitative estimate of drug-likeness (QED) is 0.746. The summed E-state index contributed by atoms with van der Waals surface area (Å²) in [5, 5.41) is 6.63. The van der Waals surface area contributed by atoms with Gasteiger partial charge < -0.3 is 10.6 Å². The molecule has 1 aromatic carbocycles. The minimum atomic E-state index is 0.836. The summed E-state index contributed by atoms with van der Waals surface area (Å²) >= 11 is 1.73. The van der Waals surface area contributed by atoms with Crippen LogP contribution in [0.5, 0.6) is 0 Å². The maximum Gasteiger partial charge on any atom is 0.136 e. The van der Waals surface area contributed by atoms with E-state index >= 15 is 0 Å². The summed E-state index contributed by atoms with van der Waals surface area (Å²) in [4.78, 5) is 10.3. The Hall–Kier alpha value is -1.75. The van der Waals surface area contributed by atoms with Crippen molar-refractivity contribution in [1.29, 1.82) is 0 Å². The molecule has 0 bridgehead atoms. The van der Waals surface area contributed by atoms with E-state index < -0.39 is 0 Å². The fourth-order valence-electron chi connectivity index (χ4n) is 2.02. The van der Waals surface area contributed by atoms with E-state index in [9.17, 15) is 0 Å². The van der Waals surface area contributed by atoms with E-state index in [0.29, 0.717) is 0 Å². The lowest BCUT2D eigenvalue weighted by molar-refractivity contribution is 0.836. The van der Waals surface area contributed by atoms with E-state index in [1.807, 2.05) is 18.2 Å². The average Bonchev–Trinajstić information content (AvgIpc) is 2.48. The van der Waals surface area contributed by atoms with Crippen LogP contribution in [0.15, 0.2) is 35.2 Å². The molecule has 2 aromatic rings. The largest absolute Gasteiger partial charge is 0.370 e. The summed E-state index contributed by atoms with van der Waals surface area (Å²) in [6, 6.07) is 10.3. The number of aryl methyl sites for hydroxylation is 1. The SMILES string of the molecule is CCCc1nc(NCC)cc(Nc2cccc(SC)c2)n1. The Labute approximate surface area is 130 Å². The van der Waals surface area contributed by atoms with Crippen molar-refractivity contribution < 1.29 is 0 Å². The summed E-state index contributed by atoms with van der Waals surface area (Å²) in [5.41, 5.74) is 1.05. The molecule has 0 fully saturated rings. The average molecular weight is 302 g/mol. The van der Waals surface area contributed by atoms with E-state index in [0.717, 1.165) is 42.5 Å². The lowest BCUT2D eigenvalue weighted by atomic mass is 10.3. The molecule has 4 nitrogen and oxygen atoms in total. The third kappa shape index (κ3) is 4.63. The molecule has 5 heteroatoms. The van der Waals surface area contributed by atoms with Crippen molar-refractivity contribution in [2.24, 2.45) is 0 Å². The summed E-state index contributed by atoms with van der Waals surface area (Å²) in [5.74, 6) is 2.58. The number of anilines is 3. The summed E-state index contributed by atoms with van der Waals surface area (Å²) in [6.45, 7) is 5.05. The molecule has 1 heterocycles. The van der Waals surface area contributed by atoms with Crippen molar-refractivity contribution in [3.05, 3.63) is 36.2 Å². The molecule has 0 aliphatic rings. The Morgan fingerprint density at radius 2 is 1.90 bits per heavy atom. The van der Waals surface area contributed by atoms with Gasteiger partial charge in [0.2, 0.25) is 0 Å². The third-order valence-corrected chi connectivity index (χ3v) is 3.67. The smallest absolute Gasteiger partial charge is 0.136 e. The van der Waals surface area contributed by atoms with Gasteiger partial charge in [0.25, 0.3) is 0 Å². The van der Waals surface area contributed by atoms with E-state index in [2.05, 4.69) is 52.8 Å². The summed E-state index contributed by atoms with van der Waals surface area (Å²) in [7, 11) is 0. The molecule has 2 N–H and O–H groups in total. The Balaban J connectivity index is 2.24. The van der Waals surface area contributed by atoms with E-state index in [-0.39, 0.29) is 0 Å². The molecule has 0 amide bonds. The number of hydrogen-bond acceptors (Lipinski definition) is 5. The second kappa shape index (κ2) is 7.88.